The molecule has 0 aliphatic rings. The van der Waals surface area contributed by atoms with Crippen LogP contribution in [0.5, 0.6) is 0 Å². The van der Waals surface area contributed by atoms with E-state index in [1.54, 1.807) is 16.9 Å². The first-order chi connectivity index (χ1) is 12.4. The van der Waals surface area contributed by atoms with Gasteiger partial charge in [0.25, 0.3) is 5.91 Å². The topological polar surface area (TPSA) is 47.2 Å². The summed E-state index contributed by atoms with van der Waals surface area (Å²) in [7, 11) is 0. The number of amides is 1. The number of hydrogen-bond donors (Lipinski definition) is 0. The van der Waals surface area contributed by atoms with Crippen molar-refractivity contribution < 1.29 is 18.0 Å². The largest absolute Gasteiger partial charge is 0.416 e. The summed E-state index contributed by atoms with van der Waals surface area (Å²) in [6.07, 6.45) is -1.56. The average Bonchev–Trinajstić information content (AvgIpc) is 2.62. The minimum Gasteiger partial charge on any atom is -0.272 e. The van der Waals surface area contributed by atoms with Crippen LogP contribution in [0, 0.1) is 0 Å². The first kappa shape index (κ1) is 17.6. The Hall–Kier alpha value is -3.22. The molecule has 132 valence electrons. The Morgan fingerprint density at radius 2 is 1.81 bits per heavy atom. The monoisotopic (exact) mass is 357 g/mol. The Morgan fingerprint density at radius 1 is 1.04 bits per heavy atom. The minimum absolute atomic E-state index is 0.211. The summed E-state index contributed by atoms with van der Waals surface area (Å²) < 4.78 is 39.8. The Kier molecular flexibility index (Phi) is 4.97. The van der Waals surface area contributed by atoms with Gasteiger partial charge >= 0.3 is 6.18 Å². The van der Waals surface area contributed by atoms with Crippen LogP contribution in [0.2, 0.25) is 0 Å². The first-order valence-electron chi connectivity index (χ1n) is 7.76. The molecule has 0 spiro atoms. The lowest BCUT2D eigenvalue weighted by molar-refractivity contribution is -0.137. The predicted octanol–water partition coefficient (Wildman–Crippen LogP) is 3.56. The molecule has 0 saturated carbocycles. The van der Waals surface area contributed by atoms with Crippen molar-refractivity contribution in [1.29, 1.82) is 0 Å². The molecular formula is C19H14F3N3O. The average molecular weight is 357 g/mol. The molecule has 1 amide bonds. The molecule has 0 aliphatic heterocycles. The highest BCUT2D eigenvalue weighted by Crippen LogP contribution is 2.29. The van der Waals surface area contributed by atoms with E-state index < -0.39 is 17.6 Å². The van der Waals surface area contributed by atoms with Gasteiger partial charge in [-0.3, -0.25) is 4.79 Å². The van der Waals surface area contributed by atoms with E-state index in [-0.39, 0.29) is 12.0 Å². The van der Waals surface area contributed by atoms with Gasteiger partial charge in [-0.2, -0.15) is 18.3 Å². The Morgan fingerprint density at radius 3 is 2.46 bits per heavy atom. The first-order valence-corrected chi connectivity index (χ1v) is 7.76. The third-order valence-electron chi connectivity index (χ3n) is 3.59. The molecule has 0 unspecified atom stereocenters. The van der Waals surface area contributed by atoms with Crippen molar-refractivity contribution in [2.45, 2.75) is 12.6 Å². The Balaban J connectivity index is 1.75. The maximum atomic E-state index is 12.7. The molecule has 0 aliphatic carbocycles. The van der Waals surface area contributed by atoms with Crippen LogP contribution < -0.4 is 5.36 Å². The van der Waals surface area contributed by atoms with Gasteiger partial charge in [0, 0.05) is 6.20 Å². The summed E-state index contributed by atoms with van der Waals surface area (Å²) in [5, 5.41) is 4.52. The van der Waals surface area contributed by atoms with Crippen molar-refractivity contribution in [2.24, 2.45) is 4.99 Å². The molecule has 4 nitrogen and oxygen atoms in total. The molecular weight excluding hydrogens is 343 g/mol. The summed E-state index contributed by atoms with van der Waals surface area (Å²) in [6.45, 7) is 0. The summed E-state index contributed by atoms with van der Waals surface area (Å²) in [5.41, 5.74) is 0.333. The van der Waals surface area contributed by atoms with Gasteiger partial charge in [0.15, 0.2) is 0 Å². The molecule has 26 heavy (non-hydrogen) atoms. The molecule has 0 radical (unpaired) electrons. The lowest BCUT2D eigenvalue weighted by Gasteiger charge is -2.07. The summed E-state index contributed by atoms with van der Waals surface area (Å²) in [6, 6.07) is 15.7. The fourth-order valence-electron chi connectivity index (χ4n) is 2.37. The number of halogens is 3. The number of carbonyl (C=O) groups is 1. The molecule has 1 aromatic heterocycles. The van der Waals surface area contributed by atoms with E-state index in [0.29, 0.717) is 5.36 Å². The lowest BCUT2D eigenvalue weighted by atomic mass is 10.1. The zero-order chi connectivity index (χ0) is 18.6. The van der Waals surface area contributed by atoms with Crippen LogP contribution in [-0.4, -0.2) is 15.7 Å². The summed E-state index contributed by atoms with van der Waals surface area (Å²) in [5.74, 6) is -0.538. The SMILES string of the molecule is O=C(Cc1cccc(C(F)(F)F)c1)/N=c1/ccn(-c2ccccc2)nc1. The number of carbonyl (C=O) groups excluding carboxylic acids is 1. The highest BCUT2D eigenvalue weighted by molar-refractivity contribution is 5.79. The van der Waals surface area contributed by atoms with E-state index in [2.05, 4.69) is 10.1 Å². The maximum absolute atomic E-state index is 12.7. The predicted molar refractivity (Wildman–Crippen MR) is 89.3 cm³/mol. The smallest absolute Gasteiger partial charge is 0.272 e. The third-order valence-corrected chi connectivity index (χ3v) is 3.59. The number of rotatable bonds is 3. The minimum atomic E-state index is -4.44. The van der Waals surface area contributed by atoms with Gasteiger partial charge < -0.3 is 0 Å². The van der Waals surface area contributed by atoms with Crippen LogP contribution in [0.3, 0.4) is 0 Å². The number of aromatic nitrogens is 2. The third kappa shape index (κ3) is 4.44. The number of hydrogen-bond acceptors (Lipinski definition) is 2. The van der Waals surface area contributed by atoms with Gasteiger partial charge in [-0.25, -0.2) is 9.67 Å². The second kappa shape index (κ2) is 7.35. The van der Waals surface area contributed by atoms with Crippen molar-refractivity contribution in [3.8, 4) is 5.69 Å². The van der Waals surface area contributed by atoms with E-state index in [9.17, 15) is 18.0 Å². The summed E-state index contributed by atoms with van der Waals surface area (Å²) >= 11 is 0. The number of nitrogens with zero attached hydrogens (tertiary/aromatic N) is 3. The zero-order valence-electron chi connectivity index (χ0n) is 13.5. The molecule has 7 heteroatoms. The molecule has 1 heterocycles. The molecule has 0 atom stereocenters. The van der Waals surface area contributed by atoms with Crippen LogP contribution in [-0.2, 0) is 17.4 Å². The van der Waals surface area contributed by atoms with E-state index in [4.69, 9.17) is 0 Å². The van der Waals surface area contributed by atoms with Crippen molar-refractivity contribution in [3.05, 3.63) is 89.5 Å². The Bertz CT molecular complexity index is 959. The van der Waals surface area contributed by atoms with E-state index in [1.807, 2.05) is 30.3 Å². The zero-order valence-corrected chi connectivity index (χ0v) is 13.5. The van der Waals surface area contributed by atoms with Gasteiger partial charge in [-0.1, -0.05) is 36.4 Å². The van der Waals surface area contributed by atoms with Crippen LogP contribution in [0.4, 0.5) is 13.2 Å². The molecule has 3 rings (SSSR count). The number of benzene rings is 2. The van der Waals surface area contributed by atoms with Gasteiger partial charge in [0.05, 0.1) is 29.2 Å². The maximum Gasteiger partial charge on any atom is 0.416 e. The van der Waals surface area contributed by atoms with Gasteiger partial charge in [-0.05, 0) is 29.8 Å². The molecule has 0 N–H and O–H groups in total. The fraction of sp³-hybridized carbons (Fsp3) is 0.105. The van der Waals surface area contributed by atoms with E-state index in [1.165, 1.54) is 18.3 Å². The van der Waals surface area contributed by atoms with Gasteiger partial charge in [-0.15, -0.1) is 0 Å². The molecule has 0 fully saturated rings. The highest BCUT2D eigenvalue weighted by Gasteiger charge is 2.30. The van der Waals surface area contributed by atoms with Crippen molar-refractivity contribution in [3.63, 3.8) is 0 Å². The summed E-state index contributed by atoms with van der Waals surface area (Å²) in [4.78, 5) is 15.9. The number of para-hydroxylation sites is 1. The van der Waals surface area contributed by atoms with Gasteiger partial charge in [0.1, 0.15) is 0 Å². The van der Waals surface area contributed by atoms with E-state index >= 15 is 0 Å². The molecule has 3 aromatic rings. The van der Waals surface area contributed by atoms with E-state index in [0.717, 1.165) is 17.8 Å². The lowest BCUT2D eigenvalue weighted by Crippen LogP contribution is -2.12. The van der Waals surface area contributed by atoms with Crippen LogP contribution in [0.15, 0.2) is 78.0 Å². The molecule has 2 aromatic carbocycles. The quantitative estimate of drug-likeness (QED) is 0.720. The second-order valence-electron chi connectivity index (χ2n) is 5.55. The van der Waals surface area contributed by atoms with Crippen molar-refractivity contribution >= 4 is 5.91 Å². The van der Waals surface area contributed by atoms with Gasteiger partial charge in [0.2, 0.25) is 0 Å². The second-order valence-corrected chi connectivity index (χ2v) is 5.55. The van der Waals surface area contributed by atoms with Crippen molar-refractivity contribution in [1.82, 2.24) is 9.78 Å². The normalized spacial score (nSPS) is 12.2. The fourth-order valence-corrected chi connectivity index (χ4v) is 2.37. The van der Waals surface area contributed by atoms with Crippen LogP contribution in [0.1, 0.15) is 11.1 Å². The van der Waals surface area contributed by atoms with Crippen LogP contribution >= 0.6 is 0 Å². The van der Waals surface area contributed by atoms with Crippen molar-refractivity contribution in [2.75, 3.05) is 0 Å². The Labute approximate surface area is 147 Å². The molecule has 0 saturated heterocycles. The molecule has 0 bridgehead atoms. The highest BCUT2D eigenvalue weighted by atomic mass is 19.4. The number of alkyl halides is 3. The van der Waals surface area contributed by atoms with Crippen LogP contribution in [0.25, 0.3) is 5.69 Å². The standard InChI is InChI=1S/C19H14F3N3O/c20-19(21,22)15-6-4-5-14(11-15)12-18(26)24-16-9-10-25(23-13-16)17-7-2-1-3-8-17/h1-11,13H,12H2/b24-16-.